The molecule has 0 aromatic heterocycles. The Hall–Kier alpha value is -2.87. The summed E-state index contributed by atoms with van der Waals surface area (Å²) in [5.74, 6) is 0.0539. The van der Waals surface area contributed by atoms with E-state index in [9.17, 15) is 4.79 Å². The molecule has 0 spiro atoms. The Labute approximate surface area is 149 Å². The van der Waals surface area contributed by atoms with Gasteiger partial charge in [-0.3, -0.25) is 4.79 Å². The first-order valence-corrected chi connectivity index (χ1v) is 8.77. The van der Waals surface area contributed by atoms with Crippen LogP contribution in [0.15, 0.2) is 84.9 Å². The lowest BCUT2D eigenvalue weighted by Crippen LogP contribution is -2.22. The van der Waals surface area contributed by atoms with Crippen molar-refractivity contribution in [1.29, 1.82) is 0 Å². The maximum absolute atomic E-state index is 12.9. The minimum Gasteiger partial charge on any atom is -0.381 e. The minimum atomic E-state index is 0.0539. The topological polar surface area (TPSA) is 29.1 Å². The SMILES string of the molecule is CCC(Cc1ccccc1)Nc1ccccc1C(=O)c1ccccc1. The average Bonchev–Trinajstić information content (AvgIpc) is 2.69. The number of carbonyl (C=O) groups excluding carboxylic acids is 1. The number of hydrogen-bond acceptors (Lipinski definition) is 2. The number of benzene rings is 3. The summed E-state index contributed by atoms with van der Waals surface area (Å²) >= 11 is 0. The van der Waals surface area contributed by atoms with E-state index in [1.165, 1.54) is 5.56 Å². The summed E-state index contributed by atoms with van der Waals surface area (Å²) in [4.78, 5) is 12.9. The zero-order chi connectivity index (χ0) is 17.5. The second-order valence-electron chi connectivity index (χ2n) is 6.18. The summed E-state index contributed by atoms with van der Waals surface area (Å²) in [5.41, 5.74) is 3.64. The zero-order valence-electron chi connectivity index (χ0n) is 14.5. The van der Waals surface area contributed by atoms with Crippen LogP contribution in [-0.2, 0) is 6.42 Å². The van der Waals surface area contributed by atoms with Crippen LogP contribution in [0.3, 0.4) is 0 Å². The molecular formula is C23H23NO. The lowest BCUT2D eigenvalue weighted by molar-refractivity contribution is 0.103. The molecule has 126 valence electrons. The summed E-state index contributed by atoms with van der Waals surface area (Å²) < 4.78 is 0. The lowest BCUT2D eigenvalue weighted by Gasteiger charge is -2.20. The highest BCUT2D eigenvalue weighted by atomic mass is 16.1. The molecular weight excluding hydrogens is 306 g/mol. The Morgan fingerprint density at radius 2 is 1.44 bits per heavy atom. The summed E-state index contributed by atoms with van der Waals surface area (Å²) in [5, 5.41) is 3.58. The molecule has 0 fully saturated rings. The van der Waals surface area contributed by atoms with Crippen LogP contribution in [0, 0.1) is 0 Å². The first kappa shape index (κ1) is 17.0. The van der Waals surface area contributed by atoms with E-state index in [0.29, 0.717) is 5.56 Å². The Morgan fingerprint density at radius 3 is 2.12 bits per heavy atom. The molecule has 0 saturated carbocycles. The Balaban J connectivity index is 1.81. The fourth-order valence-electron chi connectivity index (χ4n) is 2.97. The van der Waals surface area contributed by atoms with E-state index >= 15 is 0 Å². The van der Waals surface area contributed by atoms with Crippen LogP contribution in [-0.4, -0.2) is 11.8 Å². The highest BCUT2D eigenvalue weighted by Gasteiger charge is 2.15. The van der Waals surface area contributed by atoms with Gasteiger partial charge in [0.25, 0.3) is 0 Å². The normalized spacial score (nSPS) is 11.7. The van der Waals surface area contributed by atoms with Crippen molar-refractivity contribution < 1.29 is 4.79 Å². The van der Waals surface area contributed by atoms with Crippen molar-refractivity contribution in [2.45, 2.75) is 25.8 Å². The number of nitrogens with one attached hydrogen (secondary N) is 1. The maximum atomic E-state index is 12.9. The van der Waals surface area contributed by atoms with Crippen molar-refractivity contribution >= 4 is 11.5 Å². The molecule has 25 heavy (non-hydrogen) atoms. The van der Waals surface area contributed by atoms with Crippen LogP contribution in [0.4, 0.5) is 5.69 Å². The number of ketones is 1. The number of anilines is 1. The molecule has 2 heteroatoms. The summed E-state index contributed by atoms with van der Waals surface area (Å²) in [7, 11) is 0. The molecule has 0 radical (unpaired) electrons. The molecule has 0 heterocycles. The van der Waals surface area contributed by atoms with Crippen molar-refractivity contribution in [2.24, 2.45) is 0 Å². The van der Waals surface area contributed by atoms with Crippen molar-refractivity contribution in [1.82, 2.24) is 0 Å². The maximum Gasteiger partial charge on any atom is 0.195 e. The predicted octanol–water partition coefficient (Wildman–Crippen LogP) is 5.35. The second kappa shape index (κ2) is 8.29. The van der Waals surface area contributed by atoms with Gasteiger partial charge in [0.15, 0.2) is 5.78 Å². The van der Waals surface area contributed by atoms with E-state index in [2.05, 4.69) is 36.5 Å². The highest BCUT2D eigenvalue weighted by Crippen LogP contribution is 2.21. The summed E-state index contributed by atoms with van der Waals surface area (Å²) in [6, 6.07) is 27.9. The van der Waals surface area contributed by atoms with Gasteiger partial charge in [-0.15, -0.1) is 0 Å². The van der Waals surface area contributed by atoms with Gasteiger partial charge in [-0.25, -0.2) is 0 Å². The quantitative estimate of drug-likeness (QED) is 0.592. The smallest absolute Gasteiger partial charge is 0.195 e. The van der Waals surface area contributed by atoms with Gasteiger partial charge in [0.1, 0.15) is 0 Å². The zero-order valence-corrected chi connectivity index (χ0v) is 14.5. The molecule has 2 nitrogen and oxygen atoms in total. The molecule has 3 aromatic rings. The first-order chi connectivity index (χ1) is 12.3. The Morgan fingerprint density at radius 1 is 0.840 bits per heavy atom. The van der Waals surface area contributed by atoms with Crippen molar-refractivity contribution in [3.63, 3.8) is 0 Å². The molecule has 1 unspecified atom stereocenters. The van der Waals surface area contributed by atoms with Gasteiger partial charge in [0.05, 0.1) is 0 Å². The lowest BCUT2D eigenvalue weighted by atomic mass is 9.99. The van der Waals surface area contributed by atoms with E-state index < -0.39 is 0 Å². The minimum absolute atomic E-state index is 0.0539. The monoisotopic (exact) mass is 329 g/mol. The number of rotatable bonds is 7. The van der Waals surface area contributed by atoms with Gasteiger partial charge in [-0.05, 0) is 30.5 Å². The third kappa shape index (κ3) is 4.36. The van der Waals surface area contributed by atoms with Crippen LogP contribution in [0.2, 0.25) is 0 Å². The molecule has 0 aliphatic carbocycles. The van der Waals surface area contributed by atoms with Crippen molar-refractivity contribution in [3.05, 3.63) is 102 Å². The van der Waals surface area contributed by atoms with Crippen molar-refractivity contribution in [3.8, 4) is 0 Å². The van der Waals surface area contributed by atoms with Gasteiger partial charge >= 0.3 is 0 Å². The van der Waals surface area contributed by atoms with Gasteiger partial charge < -0.3 is 5.32 Å². The van der Waals surface area contributed by atoms with Gasteiger partial charge in [-0.1, -0.05) is 79.7 Å². The summed E-state index contributed by atoms with van der Waals surface area (Å²) in [6.07, 6.45) is 1.92. The second-order valence-corrected chi connectivity index (χ2v) is 6.18. The fraction of sp³-hybridized carbons (Fsp3) is 0.174. The molecule has 3 rings (SSSR count). The van der Waals surface area contributed by atoms with Crippen LogP contribution in [0.25, 0.3) is 0 Å². The van der Waals surface area contributed by atoms with E-state index in [1.807, 2.05) is 60.7 Å². The first-order valence-electron chi connectivity index (χ1n) is 8.77. The molecule has 1 N–H and O–H groups in total. The van der Waals surface area contributed by atoms with Gasteiger partial charge in [0.2, 0.25) is 0 Å². The largest absolute Gasteiger partial charge is 0.381 e. The molecule has 0 aliphatic rings. The number of para-hydroxylation sites is 1. The van der Waals surface area contributed by atoms with Crippen LogP contribution in [0.5, 0.6) is 0 Å². The van der Waals surface area contributed by atoms with Crippen LogP contribution >= 0.6 is 0 Å². The molecule has 0 saturated heterocycles. The number of hydrogen-bond donors (Lipinski definition) is 1. The van der Waals surface area contributed by atoms with E-state index in [0.717, 1.165) is 24.1 Å². The Kier molecular flexibility index (Phi) is 5.63. The predicted molar refractivity (Wildman–Crippen MR) is 104 cm³/mol. The van der Waals surface area contributed by atoms with E-state index in [-0.39, 0.29) is 11.8 Å². The average molecular weight is 329 g/mol. The fourth-order valence-corrected chi connectivity index (χ4v) is 2.97. The highest BCUT2D eigenvalue weighted by molar-refractivity contribution is 6.12. The van der Waals surface area contributed by atoms with Crippen molar-refractivity contribution in [2.75, 3.05) is 5.32 Å². The molecule has 0 bridgehead atoms. The third-order valence-electron chi connectivity index (χ3n) is 4.39. The number of carbonyl (C=O) groups is 1. The van der Waals surface area contributed by atoms with Gasteiger partial charge in [0, 0.05) is 22.9 Å². The van der Waals surface area contributed by atoms with E-state index in [4.69, 9.17) is 0 Å². The van der Waals surface area contributed by atoms with E-state index in [1.54, 1.807) is 0 Å². The molecule has 0 aliphatic heterocycles. The third-order valence-corrected chi connectivity index (χ3v) is 4.39. The van der Waals surface area contributed by atoms with Crippen LogP contribution < -0.4 is 5.32 Å². The summed E-state index contributed by atoms with van der Waals surface area (Å²) in [6.45, 7) is 2.17. The van der Waals surface area contributed by atoms with Gasteiger partial charge in [-0.2, -0.15) is 0 Å². The standard InChI is InChI=1S/C23H23NO/c1-2-20(17-18-11-5-3-6-12-18)24-22-16-10-9-15-21(22)23(25)19-13-7-4-8-14-19/h3-16,20,24H,2,17H2,1H3. The molecule has 3 aromatic carbocycles. The molecule has 0 amide bonds. The Bertz CT molecular complexity index is 812. The van der Waals surface area contributed by atoms with Crippen LogP contribution in [0.1, 0.15) is 34.8 Å². The molecule has 1 atom stereocenters.